The Kier molecular flexibility index (Phi) is 3.14. The number of aromatic nitrogens is 2. The summed E-state index contributed by atoms with van der Waals surface area (Å²) in [7, 11) is 0. The minimum absolute atomic E-state index is 0.0188. The van der Waals surface area contributed by atoms with Crippen LogP contribution in [0.5, 0.6) is 0 Å². The summed E-state index contributed by atoms with van der Waals surface area (Å²) in [6, 6.07) is 10.2. The summed E-state index contributed by atoms with van der Waals surface area (Å²) in [4.78, 5) is 26.6. The van der Waals surface area contributed by atoms with E-state index in [9.17, 15) is 14.7 Å². The van der Waals surface area contributed by atoms with E-state index >= 15 is 0 Å². The highest BCUT2D eigenvalue weighted by Crippen LogP contribution is 2.24. The van der Waals surface area contributed by atoms with Gasteiger partial charge in [-0.15, -0.1) is 0 Å². The van der Waals surface area contributed by atoms with Crippen LogP contribution in [-0.2, 0) is 0 Å². The fourth-order valence-electron chi connectivity index (χ4n) is 2.28. The van der Waals surface area contributed by atoms with Gasteiger partial charge in [-0.25, -0.2) is 14.6 Å². The number of nitrogens with zero attached hydrogens (tertiary/aromatic N) is 2. The molecule has 0 fully saturated rings. The van der Waals surface area contributed by atoms with Gasteiger partial charge in [-0.05, 0) is 19.1 Å². The number of pyridine rings is 1. The first kappa shape index (κ1) is 13.8. The van der Waals surface area contributed by atoms with E-state index in [4.69, 9.17) is 5.11 Å². The van der Waals surface area contributed by atoms with Crippen LogP contribution in [0.1, 0.15) is 26.4 Å². The van der Waals surface area contributed by atoms with Gasteiger partial charge < -0.3 is 10.2 Å². The average molecular weight is 296 g/mol. The lowest BCUT2D eigenvalue weighted by Crippen LogP contribution is -2.00. The number of carbonyl (C=O) groups is 2. The van der Waals surface area contributed by atoms with Gasteiger partial charge in [-0.3, -0.25) is 4.40 Å². The van der Waals surface area contributed by atoms with Crippen LogP contribution in [-0.4, -0.2) is 31.5 Å². The van der Waals surface area contributed by atoms with Gasteiger partial charge in [-0.2, -0.15) is 0 Å². The van der Waals surface area contributed by atoms with Crippen molar-refractivity contribution in [3.63, 3.8) is 0 Å². The number of imidazole rings is 1. The van der Waals surface area contributed by atoms with Crippen molar-refractivity contribution in [3.8, 4) is 11.4 Å². The standard InChI is InChI=1S/C16H12N2O4/c1-9-2-4-10(5-3-9)14-17-13(16(21)22)12-8-11(15(19)20)6-7-18(12)14/h2-8H,1H3,(H,19,20)(H,21,22). The third kappa shape index (κ3) is 2.20. The molecular weight excluding hydrogens is 284 g/mol. The van der Waals surface area contributed by atoms with Crippen LogP contribution < -0.4 is 0 Å². The Morgan fingerprint density at radius 1 is 1.05 bits per heavy atom. The van der Waals surface area contributed by atoms with Gasteiger partial charge in [0.25, 0.3) is 0 Å². The normalized spacial score (nSPS) is 10.8. The van der Waals surface area contributed by atoms with Crippen molar-refractivity contribution in [2.45, 2.75) is 6.92 Å². The summed E-state index contributed by atoms with van der Waals surface area (Å²) in [5, 5.41) is 18.3. The summed E-state index contributed by atoms with van der Waals surface area (Å²) in [5.41, 5.74) is 1.94. The number of rotatable bonds is 3. The summed E-state index contributed by atoms with van der Waals surface area (Å²) < 4.78 is 1.58. The zero-order valence-corrected chi connectivity index (χ0v) is 11.6. The molecule has 0 aliphatic heterocycles. The minimum Gasteiger partial charge on any atom is -0.478 e. The Morgan fingerprint density at radius 2 is 1.73 bits per heavy atom. The number of benzene rings is 1. The average Bonchev–Trinajstić information content (AvgIpc) is 2.87. The fourth-order valence-corrected chi connectivity index (χ4v) is 2.28. The van der Waals surface area contributed by atoms with Crippen molar-refractivity contribution >= 4 is 17.5 Å². The number of fused-ring (bicyclic) bond motifs is 1. The monoisotopic (exact) mass is 296 g/mol. The molecule has 1 aromatic carbocycles. The molecule has 3 rings (SSSR count). The van der Waals surface area contributed by atoms with Crippen molar-refractivity contribution in [2.24, 2.45) is 0 Å². The maximum atomic E-state index is 11.4. The van der Waals surface area contributed by atoms with Crippen molar-refractivity contribution in [1.29, 1.82) is 0 Å². The predicted molar refractivity (Wildman–Crippen MR) is 79.3 cm³/mol. The van der Waals surface area contributed by atoms with Crippen molar-refractivity contribution in [1.82, 2.24) is 9.38 Å². The van der Waals surface area contributed by atoms with Crippen LogP contribution in [0, 0.1) is 6.92 Å². The molecule has 0 saturated heterocycles. The quantitative estimate of drug-likeness (QED) is 0.775. The molecule has 0 atom stereocenters. The van der Waals surface area contributed by atoms with E-state index in [1.54, 1.807) is 4.40 Å². The topological polar surface area (TPSA) is 91.9 Å². The van der Waals surface area contributed by atoms with Crippen LogP contribution in [0.25, 0.3) is 16.9 Å². The summed E-state index contributed by atoms with van der Waals surface area (Å²) in [6.07, 6.45) is 1.52. The van der Waals surface area contributed by atoms with Crippen molar-refractivity contribution < 1.29 is 19.8 Å². The summed E-state index contributed by atoms with van der Waals surface area (Å²) in [6.45, 7) is 1.95. The Bertz CT molecular complexity index is 894. The van der Waals surface area contributed by atoms with Gasteiger partial charge >= 0.3 is 11.9 Å². The van der Waals surface area contributed by atoms with Crippen LogP contribution >= 0.6 is 0 Å². The molecule has 2 heterocycles. The predicted octanol–water partition coefficient (Wildman–Crippen LogP) is 2.71. The largest absolute Gasteiger partial charge is 0.478 e. The van der Waals surface area contributed by atoms with E-state index in [0.717, 1.165) is 11.1 Å². The van der Waals surface area contributed by atoms with Crippen LogP contribution in [0.3, 0.4) is 0 Å². The van der Waals surface area contributed by atoms with E-state index in [0.29, 0.717) is 5.82 Å². The third-order valence-electron chi connectivity index (χ3n) is 3.40. The van der Waals surface area contributed by atoms with Crippen molar-refractivity contribution in [2.75, 3.05) is 0 Å². The fraction of sp³-hybridized carbons (Fsp3) is 0.0625. The molecule has 110 valence electrons. The van der Waals surface area contributed by atoms with Gasteiger partial charge in [0.2, 0.25) is 0 Å². The van der Waals surface area contributed by atoms with E-state index in [1.165, 1.54) is 18.3 Å². The lowest BCUT2D eigenvalue weighted by molar-refractivity contribution is 0.0682. The molecule has 0 aliphatic rings. The second kappa shape index (κ2) is 5.00. The van der Waals surface area contributed by atoms with Gasteiger partial charge in [0.15, 0.2) is 5.69 Å². The van der Waals surface area contributed by atoms with Crippen LogP contribution in [0.2, 0.25) is 0 Å². The smallest absolute Gasteiger partial charge is 0.356 e. The highest BCUT2D eigenvalue weighted by atomic mass is 16.4. The number of carboxylic acid groups (broad SMARTS) is 2. The first-order chi connectivity index (χ1) is 10.5. The summed E-state index contributed by atoms with van der Waals surface area (Å²) >= 11 is 0. The van der Waals surface area contributed by atoms with Gasteiger partial charge in [0.05, 0.1) is 11.1 Å². The Hall–Kier alpha value is -3.15. The van der Waals surface area contributed by atoms with Gasteiger partial charge in [0, 0.05) is 11.8 Å². The van der Waals surface area contributed by atoms with Gasteiger partial charge in [-0.1, -0.05) is 29.8 Å². The van der Waals surface area contributed by atoms with E-state index in [1.807, 2.05) is 31.2 Å². The molecule has 6 heteroatoms. The molecule has 22 heavy (non-hydrogen) atoms. The van der Waals surface area contributed by atoms with E-state index < -0.39 is 11.9 Å². The van der Waals surface area contributed by atoms with Crippen LogP contribution in [0.4, 0.5) is 0 Å². The number of hydrogen-bond acceptors (Lipinski definition) is 3. The Balaban J connectivity index is 2.30. The molecule has 0 radical (unpaired) electrons. The minimum atomic E-state index is -1.20. The SMILES string of the molecule is Cc1ccc(-c2nc(C(=O)O)c3cc(C(=O)O)ccn23)cc1. The first-order valence-electron chi connectivity index (χ1n) is 6.53. The maximum Gasteiger partial charge on any atom is 0.356 e. The van der Waals surface area contributed by atoms with E-state index in [2.05, 4.69) is 4.98 Å². The molecule has 0 spiro atoms. The zero-order valence-electron chi connectivity index (χ0n) is 11.6. The Labute approximate surface area is 125 Å². The first-order valence-corrected chi connectivity index (χ1v) is 6.53. The Morgan fingerprint density at radius 3 is 2.32 bits per heavy atom. The molecule has 6 nitrogen and oxygen atoms in total. The molecule has 2 aromatic heterocycles. The van der Waals surface area contributed by atoms with Crippen molar-refractivity contribution in [3.05, 3.63) is 59.4 Å². The van der Waals surface area contributed by atoms with Gasteiger partial charge in [0.1, 0.15) is 5.82 Å². The number of aryl methyl sites for hydroxylation is 1. The number of carboxylic acids is 2. The van der Waals surface area contributed by atoms with E-state index in [-0.39, 0.29) is 16.8 Å². The number of aromatic carboxylic acids is 2. The maximum absolute atomic E-state index is 11.4. The molecular formula is C16H12N2O4. The van der Waals surface area contributed by atoms with Crippen LogP contribution in [0.15, 0.2) is 42.6 Å². The highest BCUT2D eigenvalue weighted by Gasteiger charge is 2.19. The molecule has 0 amide bonds. The molecule has 0 bridgehead atoms. The second-order valence-corrected chi connectivity index (χ2v) is 4.93. The molecule has 0 saturated carbocycles. The molecule has 3 aromatic rings. The lowest BCUT2D eigenvalue weighted by atomic mass is 10.1. The number of hydrogen-bond donors (Lipinski definition) is 2. The highest BCUT2D eigenvalue weighted by molar-refractivity contribution is 5.97. The molecule has 2 N–H and O–H groups in total. The molecule has 0 unspecified atom stereocenters. The third-order valence-corrected chi connectivity index (χ3v) is 3.40. The second-order valence-electron chi connectivity index (χ2n) is 4.93. The summed E-state index contributed by atoms with van der Waals surface area (Å²) in [5.74, 6) is -1.85. The lowest BCUT2D eigenvalue weighted by Gasteiger charge is -2.03. The zero-order chi connectivity index (χ0) is 15.9. The molecule has 0 aliphatic carbocycles.